The van der Waals surface area contributed by atoms with Gasteiger partial charge in [0, 0.05) is 31.6 Å². The van der Waals surface area contributed by atoms with Crippen molar-refractivity contribution in [2.75, 3.05) is 18.8 Å². The van der Waals surface area contributed by atoms with E-state index in [1.165, 1.54) is 17.1 Å². The second kappa shape index (κ2) is 5.30. The average molecular weight is 300 g/mol. The van der Waals surface area contributed by atoms with Crippen molar-refractivity contribution in [2.24, 2.45) is 5.92 Å². The monoisotopic (exact) mass is 300 g/mol. The summed E-state index contributed by atoms with van der Waals surface area (Å²) in [7, 11) is -3.07. The van der Waals surface area contributed by atoms with Crippen molar-refractivity contribution in [3.05, 3.63) is 0 Å². The summed E-state index contributed by atoms with van der Waals surface area (Å²) in [5.74, 6) is 1.07. The normalized spacial score (nSPS) is 27.4. The number of sulfonamides is 1. The van der Waals surface area contributed by atoms with Crippen LogP contribution in [0.4, 0.5) is 0 Å². The molecule has 5 nitrogen and oxygen atoms in total. The molecule has 114 valence electrons. The minimum absolute atomic E-state index is 0.147. The zero-order valence-electron chi connectivity index (χ0n) is 12.1. The molecule has 0 N–H and O–H groups in total. The van der Waals surface area contributed by atoms with Gasteiger partial charge in [-0.2, -0.15) is 0 Å². The largest absolute Gasteiger partial charge is 0.337 e. The van der Waals surface area contributed by atoms with E-state index in [4.69, 9.17) is 0 Å². The van der Waals surface area contributed by atoms with E-state index < -0.39 is 10.0 Å². The van der Waals surface area contributed by atoms with Crippen molar-refractivity contribution < 1.29 is 13.2 Å². The van der Waals surface area contributed by atoms with Gasteiger partial charge in [-0.15, -0.1) is 0 Å². The van der Waals surface area contributed by atoms with Crippen LogP contribution in [0.1, 0.15) is 45.4 Å². The zero-order valence-corrected chi connectivity index (χ0v) is 12.9. The Bertz CT molecular complexity index is 483. The second-order valence-electron chi connectivity index (χ2n) is 6.43. The van der Waals surface area contributed by atoms with Crippen molar-refractivity contribution in [1.82, 2.24) is 9.21 Å². The molecule has 0 spiro atoms. The van der Waals surface area contributed by atoms with Crippen LogP contribution >= 0.6 is 0 Å². The van der Waals surface area contributed by atoms with E-state index in [9.17, 15) is 13.2 Å². The fraction of sp³-hybridized carbons (Fsp3) is 0.929. The van der Waals surface area contributed by atoms with Gasteiger partial charge in [0.1, 0.15) is 0 Å². The summed E-state index contributed by atoms with van der Waals surface area (Å²) in [5.41, 5.74) is 0. The topological polar surface area (TPSA) is 57.7 Å². The molecule has 3 fully saturated rings. The highest BCUT2D eigenvalue weighted by molar-refractivity contribution is 7.89. The highest BCUT2D eigenvalue weighted by Gasteiger charge is 2.41. The van der Waals surface area contributed by atoms with Gasteiger partial charge in [0.05, 0.1) is 5.75 Å². The summed E-state index contributed by atoms with van der Waals surface area (Å²) >= 11 is 0. The smallest absolute Gasteiger partial charge is 0.224 e. The summed E-state index contributed by atoms with van der Waals surface area (Å²) in [6.45, 7) is 3.10. The van der Waals surface area contributed by atoms with Crippen LogP contribution in [0.5, 0.6) is 0 Å². The van der Waals surface area contributed by atoms with Crippen molar-refractivity contribution in [3.8, 4) is 0 Å². The van der Waals surface area contributed by atoms with Gasteiger partial charge in [0.15, 0.2) is 0 Å². The Morgan fingerprint density at radius 1 is 1.30 bits per heavy atom. The number of rotatable bonds is 6. The van der Waals surface area contributed by atoms with Gasteiger partial charge in [-0.05, 0) is 44.9 Å². The molecule has 1 amide bonds. The maximum absolute atomic E-state index is 12.5. The maximum Gasteiger partial charge on any atom is 0.224 e. The predicted octanol–water partition coefficient (Wildman–Crippen LogP) is 1.20. The lowest BCUT2D eigenvalue weighted by atomic mass is 10.1. The maximum atomic E-state index is 12.5. The molecule has 0 aromatic rings. The standard InChI is InChI=1S/C14H24N2O3S/c1-11(12-3-4-12)16(13-5-6-13)14(17)7-9-15-8-2-10-20(15,18)19/h11-13H,2-10H2,1H3. The van der Waals surface area contributed by atoms with Gasteiger partial charge in [-0.1, -0.05) is 0 Å². The molecule has 3 rings (SSSR count). The molecule has 0 aromatic carbocycles. The van der Waals surface area contributed by atoms with Crippen LogP contribution in [0.2, 0.25) is 0 Å². The Morgan fingerprint density at radius 2 is 2.00 bits per heavy atom. The molecule has 20 heavy (non-hydrogen) atoms. The molecule has 1 heterocycles. The van der Waals surface area contributed by atoms with Gasteiger partial charge in [0.25, 0.3) is 0 Å². The minimum Gasteiger partial charge on any atom is -0.337 e. The number of hydrogen-bond acceptors (Lipinski definition) is 3. The molecule has 0 aromatic heterocycles. The fourth-order valence-corrected chi connectivity index (χ4v) is 4.74. The lowest BCUT2D eigenvalue weighted by molar-refractivity contribution is -0.134. The fourth-order valence-electron chi connectivity index (χ4n) is 3.21. The molecule has 3 aliphatic rings. The average Bonchev–Trinajstić information content (AvgIpc) is 3.24. The third kappa shape index (κ3) is 3.01. The van der Waals surface area contributed by atoms with Crippen LogP contribution in [-0.2, 0) is 14.8 Å². The van der Waals surface area contributed by atoms with E-state index >= 15 is 0 Å². The van der Waals surface area contributed by atoms with E-state index in [1.807, 2.05) is 0 Å². The molecule has 0 bridgehead atoms. The van der Waals surface area contributed by atoms with Crippen LogP contribution in [0.3, 0.4) is 0 Å². The Balaban J connectivity index is 1.57. The number of carbonyl (C=O) groups excluding carboxylic acids is 1. The van der Waals surface area contributed by atoms with Gasteiger partial charge >= 0.3 is 0 Å². The lowest BCUT2D eigenvalue weighted by Gasteiger charge is -2.30. The van der Waals surface area contributed by atoms with Gasteiger partial charge in [-0.3, -0.25) is 4.79 Å². The number of hydrogen-bond donors (Lipinski definition) is 0. The molecule has 1 saturated heterocycles. The molecule has 1 unspecified atom stereocenters. The first-order valence-corrected chi connectivity index (χ1v) is 9.39. The van der Waals surface area contributed by atoms with Crippen LogP contribution in [0.15, 0.2) is 0 Å². The Morgan fingerprint density at radius 3 is 2.50 bits per heavy atom. The van der Waals surface area contributed by atoms with E-state index in [1.54, 1.807) is 0 Å². The summed E-state index contributed by atoms with van der Waals surface area (Å²) in [6.07, 6.45) is 5.74. The van der Waals surface area contributed by atoms with Crippen molar-refractivity contribution in [1.29, 1.82) is 0 Å². The Labute approximate surface area is 121 Å². The van der Waals surface area contributed by atoms with E-state index in [0.29, 0.717) is 43.9 Å². The number of carbonyl (C=O) groups is 1. The first kappa shape index (κ1) is 14.3. The summed E-state index contributed by atoms with van der Waals surface area (Å²) in [5, 5.41) is 0. The molecule has 2 saturated carbocycles. The molecule has 1 atom stereocenters. The van der Waals surface area contributed by atoms with Gasteiger partial charge in [0.2, 0.25) is 15.9 Å². The summed E-state index contributed by atoms with van der Waals surface area (Å²) < 4.78 is 25.0. The van der Waals surface area contributed by atoms with Crippen LogP contribution < -0.4 is 0 Å². The molecule has 1 aliphatic heterocycles. The third-order valence-electron chi connectivity index (χ3n) is 4.75. The number of nitrogens with zero attached hydrogens (tertiary/aromatic N) is 2. The van der Waals surface area contributed by atoms with E-state index in [-0.39, 0.29) is 11.7 Å². The van der Waals surface area contributed by atoms with Crippen LogP contribution in [0, 0.1) is 5.92 Å². The second-order valence-corrected chi connectivity index (χ2v) is 8.52. The van der Waals surface area contributed by atoms with Crippen LogP contribution in [-0.4, -0.2) is 54.5 Å². The van der Waals surface area contributed by atoms with Gasteiger partial charge < -0.3 is 4.90 Å². The summed E-state index contributed by atoms with van der Waals surface area (Å²) in [4.78, 5) is 14.5. The SMILES string of the molecule is CC(C1CC1)N(C(=O)CCN1CCCS1(=O)=O)C1CC1. The van der Waals surface area contributed by atoms with Gasteiger partial charge in [-0.25, -0.2) is 12.7 Å². The number of amides is 1. The highest BCUT2D eigenvalue weighted by atomic mass is 32.2. The van der Waals surface area contributed by atoms with Crippen molar-refractivity contribution in [3.63, 3.8) is 0 Å². The Kier molecular flexibility index (Phi) is 3.79. The third-order valence-corrected chi connectivity index (χ3v) is 6.71. The van der Waals surface area contributed by atoms with E-state index in [0.717, 1.165) is 12.8 Å². The predicted molar refractivity (Wildman–Crippen MR) is 76.6 cm³/mol. The molecular formula is C14H24N2O3S. The lowest BCUT2D eigenvalue weighted by Crippen LogP contribution is -2.43. The minimum atomic E-state index is -3.07. The van der Waals surface area contributed by atoms with Crippen LogP contribution in [0.25, 0.3) is 0 Å². The zero-order chi connectivity index (χ0) is 14.3. The molecular weight excluding hydrogens is 276 g/mol. The Hall–Kier alpha value is -0.620. The quantitative estimate of drug-likeness (QED) is 0.740. The first-order chi connectivity index (χ1) is 9.49. The molecule has 6 heteroatoms. The van der Waals surface area contributed by atoms with Crippen molar-refractivity contribution >= 4 is 15.9 Å². The molecule has 0 radical (unpaired) electrons. The highest BCUT2D eigenvalue weighted by Crippen LogP contribution is 2.40. The van der Waals surface area contributed by atoms with Crippen molar-refractivity contribution in [2.45, 2.75) is 57.5 Å². The molecule has 2 aliphatic carbocycles. The van der Waals surface area contributed by atoms with E-state index in [2.05, 4.69) is 11.8 Å². The first-order valence-electron chi connectivity index (χ1n) is 7.78. The summed E-state index contributed by atoms with van der Waals surface area (Å²) in [6, 6.07) is 0.762.